The molecule has 5 heteroatoms. The largest absolute Gasteiger partial charge is 0.496 e. The molecule has 1 unspecified atom stereocenters. The molecular formula is C14H19ClN2O2. The molecule has 0 bridgehead atoms. The molecule has 2 rings (SSSR count). The van der Waals surface area contributed by atoms with Crippen molar-refractivity contribution in [2.75, 3.05) is 33.8 Å². The molecule has 1 saturated heterocycles. The number of hydrogen-bond acceptors (Lipinski definition) is 3. The van der Waals surface area contributed by atoms with E-state index < -0.39 is 0 Å². The zero-order chi connectivity index (χ0) is 13.8. The fourth-order valence-electron chi connectivity index (χ4n) is 2.49. The highest BCUT2D eigenvalue weighted by atomic mass is 35.5. The molecule has 1 aromatic rings. The summed E-state index contributed by atoms with van der Waals surface area (Å²) in [6.07, 6.45) is 1.04. The van der Waals surface area contributed by atoms with Crippen molar-refractivity contribution in [2.24, 2.45) is 5.92 Å². The SMILES string of the molecule is CNCC1CCN(C(=O)c2cc(Cl)ccc2OC)C1. The second-order valence-electron chi connectivity index (χ2n) is 4.81. The minimum Gasteiger partial charge on any atom is -0.496 e. The van der Waals surface area contributed by atoms with Crippen molar-refractivity contribution >= 4 is 17.5 Å². The number of nitrogens with zero attached hydrogens (tertiary/aromatic N) is 1. The van der Waals surface area contributed by atoms with Crippen molar-refractivity contribution in [3.8, 4) is 5.75 Å². The monoisotopic (exact) mass is 282 g/mol. The van der Waals surface area contributed by atoms with Gasteiger partial charge in [-0.05, 0) is 44.1 Å². The van der Waals surface area contributed by atoms with Crippen LogP contribution in [0.2, 0.25) is 5.02 Å². The molecule has 0 saturated carbocycles. The van der Waals surface area contributed by atoms with Gasteiger partial charge in [0.25, 0.3) is 5.91 Å². The summed E-state index contributed by atoms with van der Waals surface area (Å²) in [7, 11) is 3.50. The first-order chi connectivity index (χ1) is 9.15. The van der Waals surface area contributed by atoms with E-state index in [2.05, 4.69) is 5.32 Å². The van der Waals surface area contributed by atoms with E-state index in [1.807, 2.05) is 11.9 Å². The summed E-state index contributed by atoms with van der Waals surface area (Å²) >= 11 is 5.97. The lowest BCUT2D eigenvalue weighted by molar-refractivity contribution is 0.0784. The highest BCUT2D eigenvalue weighted by molar-refractivity contribution is 6.31. The number of ether oxygens (including phenoxy) is 1. The summed E-state index contributed by atoms with van der Waals surface area (Å²) in [5.74, 6) is 1.10. The summed E-state index contributed by atoms with van der Waals surface area (Å²) in [5.41, 5.74) is 0.542. The number of carbonyl (C=O) groups is 1. The van der Waals surface area contributed by atoms with Crippen molar-refractivity contribution in [2.45, 2.75) is 6.42 Å². The van der Waals surface area contributed by atoms with E-state index in [0.29, 0.717) is 22.3 Å². The van der Waals surface area contributed by atoms with Crippen LogP contribution in [0.5, 0.6) is 5.75 Å². The topological polar surface area (TPSA) is 41.6 Å². The van der Waals surface area contributed by atoms with Crippen molar-refractivity contribution < 1.29 is 9.53 Å². The fraction of sp³-hybridized carbons (Fsp3) is 0.500. The van der Waals surface area contributed by atoms with Gasteiger partial charge in [-0.25, -0.2) is 0 Å². The minimum atomic E-state index is -0.00190. The van der Waals surface area contributed by atoms with Crippen LogP contribution in [0.4, 0.5) is 0 Å². The lowest BCUT2D eigenvalue weighted by Gasteiger charge is -2.18. The molecule has 1 heterocycles. The second kappa shape index (κ2) is 6.26. The number of nitrogens with one attached hydrogen (secondary N) is 1. The highest BCUT2D eigenvalue weighted by Crippen LogP contribution is 2.26. The van der Waals surface area contributed by atoms with Crippen LogP contribution in [0.15, 0.2) is 18.2 Å². The molecule has 0 aliphatic carbocycles. The molecule has 0 aromatic heterocycles. The molecule has 1 aromatic carbocycles. The highest BCUT2D eigenvalue weighted by Gasteiger charge is 2.28. The first kappa shape index (κ1) is 14.2. The van der Waals surface area contributed by atoms with Gasteiger partial charge in [-0.3, -0.25) is 4.79 Å². The van der Waals surface area contributed by atoms with Gasteiger partial charge in [-0.2, -0.15) is 0 Å². The normalized spacial score (nSPS) is 18.7. The van der Waals surface area contributed by atoms with Crippen LogP contribution >= 0.6 is 11.6 Å². The number of benzene rings is 1. The first-order valence-corrected chi connectivity index (χ1v) is 6.81. The average Bonchev–Trinajstić information content (AvgIpc) is 2.87. The minimum absolute atomic E-state index is 0.00190. The zero-order valence-electron chi connectivity index (χ0n) is 11.3. The van der Waals surface area contributed by atoms with Crippen LogP contribution in [0.3, 0.4) is 0 Å². The Morgan fingerprint density at radius 3 is 3.05 bits per heavy atom. The molecule has 0 radical (unpaired) electrons. The summed E-state index contributed by atoms with van der Waals surface area (Å²) in [4.78, 5) is 14.4. The molecule has 1 atom stereocenters. The third-order valence-electron chi connectivity index (χ3n) is 3.46. The number of likely N-dealkylation sites (tertiary alicyclic amines) is 1. The van der Waals surface area contributed by atoms with Crippen LogP contribution in [0.1, 0.15) is 16.8 Å². The molecule has 19 heavy (non-hydrogen) atoms. The number of carbonyl (C=O) groups excluding carboxylic acids is 1. The van der Waals surface area contributed by atoms with Gasteiger partial charge in [-0.1, -0.05) is 11.6 Å². The van der Waals surface area contributed by atoms with E-state index in [0.717, 1.165) is 26.1 Å². The predicted molar refractivity (Wildman–Crippen MR) is 75.9 cm³/mol. The zero-order valence-corrected chi connectivity index (χ0v) is 12.0. The van der Waals surface area contributed by atoms with Crippen molar-refractivity contribution in [1.82, 2.24) is 10.2 Å². The van der Waals surface area contributed by atoms with Crippen LogP contribution in [0.25, 0.3) is 0 Å². The molecule has 1 aliphatic heterocycles. The lowest BCUT2D eigenvalue weighted by atomic mass is 10.1. The molecular weight excluding hydrogens is 264 g/mol. The Morgan fingerprint density at radius 2 is 2.37 bits per heavy atom. The third-order valence-corrected chi connectivity index (χ3v) is 3.69. The molecule has 1 amide bonds. The fourth-order valence-corrected chi connectivity index (χ4v) is 2.66. The second-order valence-corrected chi connectivity index (χ2v) is 5.24. The predicted octanol–water partition coefficient (Wildman–Crippen LogP) is 2.03. The van der Waals surface area contributed by atoms with E-state index >= 15 is 0 Å². The van der Waals surface area contributed by atoms with Crippen LogP contribution in [-0.2, 0) is 0 Å². The van der Waals surface area contributed by atoms with Gasteiger partial charge in [0.2, 0.25) is 0 Å². The van der Waals surface area contributed by atoms with Gasteiger partial charge in [-0.15, -0.1) is 0 Å². The molecule has 1 fully saturated rings. The van der Waals surface area contributed by atoms with E-state index in [9.17, 15) is 4.79 Å². The molecule has 4 nitrogen and oxygen atoms in total. The molecule has 1 N–H and O–H groups in total. The number of rotatable bonds is 4. The Balaban J connectivity index is 2.14. The van der Waals surface area contributed by atoms with Gasteiger partial charge in [0, 0.05) is 18.1 Å². The van der Waals surface area contributed by atoms with E-state index in [-0.39, 0.29) is 5.91 Å². The Bertz CT molecular complexity index is 465. The Labute approximate surface area is 118 Å². The van der Waals surface area contributed by atoms with Crippen LogP contribution in [0, 0.1) is 5.92 Å². The maximum Gasteiger partial charge on any atom is 0.257 e. The first-order valence-electron chi connectivity index (χ1n) is 6.43. The number of amides is 1. The van der Waals surface area contributed by atoms with Crippen molar-refractivity contribution in [1.29, 1.82) is 0 Å². The average molecular weight is 283 g/mol. The maximum absolute atomic E-state index is 12.5. The Morgan fingerprint density at radius 1 is 1.58 bits per heavy atom. The third kappa shape index (κ3) is 3.19. The maximum atomic E-state index is 12.5. The van der Waals surface area contributed by atoms with Crippen molar-refractivity contribution in [3.63, 3.8) is 0 Å². The van der Waals surface area contributed by atoms with E-state index in [4.69, 9.17) is 16.3 Å². The van der Waals surface area contributed by atoms with Gasteiger partial charge in [0.05, 0.1) is 12.7 Å². The van der Waals surface area contributed by atoms with Crippen molar-refractivity contribution in [3.05, 3.63) is 28.8 Å². The standard InChI is InChI=1S/C14H19ClN2O2/c1-16-8-10-5-6-17(9-10)14(18)12-7-11(15)3-4-13(12)19-2/h3-4,7,10,16H,5-6,8-9H2,1-2H3. The molecule has 104 valence electrons. The van der Waals surface area contributed by atoms with Crippen LogP contribution in [-0.4, -0.2) is 44.6 Å². The number of methoxy groups -OCH3 is 1. The Kier molecular flexibility index (Phi) is 4.66. The summed E-state index contributed by atoms with van der Waals surface area (Å²) < 4.78 is 5.24. The van der Waals surface area contributed by atoms with E-state index in [1.54, 1.807) is 25.3 Å². The smallest absolute Gasteiger partial charge is 0.257 e. The summed E-state index contributed by atoms with van der Waals surface area (Å²) in [6, 6.07) is 5.13. The number of halogens is 1. The van der Waals surface area contributed by atoms with Crippen LogP contribution < -0.4 is 10.1 Å². The van der Waals surface area contributed by atoms with Gasteiger partial charge < -0.3 is 15.0 Å². The summed E-state index contributed by atoms with van der Waals surface area (Å²) in [6.45, 7) is 2.52. The molecule has 0 spiro atoms. The Hall–Kier alpha value is -1.26. The quantitative estimate of drug-likeness (QED) is 0.919. The summed E-state index contributed by atoms with van der Waals surface area (Å²) in [5, 5.41) is 3.71. The molecule has 1 aliphatic rings. The van der Waals surface area contributed by atoms with E-state index in [1.165, 1.54) is 0 Å². The van der Waals surface area contributed by atoms with Gasteiger partial charge >= 0.3 is 0 Å². The van der Waals surface area contributed by atoms with Gasteiger partial charge in [0.1, 0.15) is 5.75 Å². The van der Waals surface area contributed by atoms with Gasteiger partial charge in [0.15, 0.2) is 0 Å². The lowest BCUT2D eigenvalue weighted by Crippen LogP contribution is -2.30. The number of hydrogen-bond donors (Lipinski definition) is 1.